The van der Waals surface area contributed by atoms with Gasteiger partial charge in [-0.1, -0.05) is 13.0 Å². The van der Waals surface area contributed by atoms with Gasteiger partial charge in [0, 0.05) is 12.6 Å². The Kier molecular flexibility index (Phi) is 6.33. The minimum Gasteiger partial charge on any atom is -0.493 e. The number of hydrogen-bond acceptors (Lipinski definition) is 4. The van der Waals surface area contributed by atoms with Crippen molar-refractivity contribution in [3.63, 3.8) is 0 Å². The molecule has 1 aliphatic heterocycles. The Morgan fingerprint density at radius 1 is 1.24 bits per heavy atom. The van der Waals surface area contributed by atoms with E-state index < -0.39 is 0 Å². The Bertz CT molecular complexity index is 430. The van der Waals surface area contributed by atoms with Crippen molar-refractivity contribution in [2.24, 2.45) is 0 Å². The van der Waals surface area contributed by atoms with Crippen LogP contribution >= 0.6 is 0 Å². The smallest absolute Gasteiger partial charge is 0.161 e. The lowest BCUT2D eigenvalue weighted by atomic mass is 9.96. The maximum Gasteiger partial charge on any atom is 0.161 e. The summed E-state index contributed by atoms with van der Waals surface area (Å²) in [5.41, 5.74) is 1.23. The van der Waals surface area contributed by atoms with Gasteiger partial charge in [0.2, 0.25) is 0 Å². The van der Waals surface area contributed by atoms with Crippen molar-refractivity contribution in [3.05, 3.63) is 23.8 Å². The third-order valence-corrected chi connectivity index (χ3v) is 4.03. The molecule has 0 saturated carbocycles. The van der Waals surface area contributed by atoms with E-state index in [0.717, 1.165) is 37.5 Å². The van der Waals surface area contributed by atoms with Crippen LogP contribution in [0.3, 0.4) is 0 Å². The average molecular weight is 293 g/mol. The van der Waals surface area contributed by atoms with Gasteiger partial charge in [-0.15, -0.1) is 0 Å². The van der Waals surface area contributed by atoms with E-state index in [0.29, 0.717) is 6.10 Å². The summed E-state index contributed by atoms with van der Waals surface area (Å²) in [6.07, 6.45) is 4.99. The standard InChI is InChI=1S/C17H27NO3/c1-4-18-15(12-14-7-5-6-10-21-14)13-8-9-16(19-2)17(11-13)20-3/h8-9,11,14-15,18H,4-7,10,12H2,1-3H3. The monoisotopic (exact) mass is 293 g/mol. The summed E-state index contributed by atoms with van der Waals surface area (Å²) in [6, 6.07) is 6.44. The molecular weight excluding hydrogens is 266 g/mol. The second-order valence-electron chi connectivity index (χ2n) is 5.45. The first-order valence-electron chi connectivity index (χ1n) is 7.85. The number of hydrogen-bond donors (Lipinski definition) is 1. The summed E-state index contributed by atoms with van der Waals surface area (Å²) in [5, 5.41) is 3.56. The summed E-state index contributed by atoms with van der Waals surface area (Å²) in [4.78, 5) is 0. The Morgan fingerprint density at radius 3 is 2.67 bits per heavy atom. The third kappa shape index (κ3) is 4.35. The van der Waals surface area contributed by atoms with Gasteiger partial charge in [0.05, 0.1) is 20.3 Å². The minimum absolute atomic E-state index is 0.290. The van der Waals surface area contributed by atoms with Gasteiger partial charge in [0.15, 0.2) is 11.5 Å². The molecule has 0 spiro atoms. The molecule has 1 heterocycles. The Morgan fingerprint density at radius 2 is 2.05 bits per heavy atom. The molecular formula is C17H27NO3. The molecule has 0 aromatic heterocycles. The largest absolute Gasteiger partial charge is 0.493 e. The summed E-state index contributed by atoms with van der Waals surface area (Å²) >= 11 is 0. The molecule has 0 radical (unpaired) electrons. The highest BCUT2D eigenvalue weighted by Gasteiger charge is 2.21. The van der Waals surface area contributed by atoms with Crippen molar-refractivity contribution in [1.82, 2.24) is 5.32 Å². The number of methoxy groups -OCH3 is 2. The molecule has 1 aliphatic rings. The van der Waals surface area contributed by atoms with Gasteiger partial charge in [-0.3, -0.25) is 0 Å². The van der Waals surface area contributed by atoms with Crippen molar-refractivity contribution in [3.8, 4) is 11.5 Å². The fourth-order valence-corrected chi connectivity index (χ4v) is 2.91. The first-order chi connectivity index (χ1) is 10.3. The van der Waals surface area contributed by atoms with Crippen molar-refractivity contribution in [1.29, 1.82) is 0 Å². The van der Waals surface area contributed by atoms with E-state index in [2.05, 4.69) is 24.4 Å². The van der Waals surface area contributed by atoms with Gasteiger partial charge in [0.1, 0.15) is 0 Å². The molecule has 1 aromatic carbocycles. The van der Waals surface area contributed by atoms with Gasteiger partial charge >= 0.3 is 0 Å². The highest BCUT2D eigenvalue weighted by atomic mass is 16.5. The predicted molar refractivity (Wildman–Crippen MR) is 84.2 cm³/mol. The lowest BCUT2D eigenvalue weighted by molar-refractivity contribution is 0.00512. The van der Waals surface area contributed by atoms with Gasteiger partial charge in [-0.25, -0.2) is 0 Å². The Balaban J connectivity index is 2.12. The average Bonchev–Trinajstić information content (AvgIpc) is 2.54. The molecule has 0 aliphatic carbocycles. The van der Waals surface area contributed by atoms with Gasteiger partial charge in [0.25, 0.3) is 0 Å². The molecule has 4 heteroatoms. The van der Waals surface area contributed by atoms with Crippen molar-refractivity contribution < 1.29 is 14.2 Å². The van der Waals surface area contributed by atoms with Crippen LogP contribution in [0.5, 0.6) is 11.5 Å². The molecule has 2 atom stereocenters. The van der Waals surface area contributed by atoms with E-state index in [9.17, 15) is 0 Å². The van der Waals surface area contributed by atoms with Crippen LogP contribution in [0.4, 0.5) is 0 Å². The van der Waals surface area contributed by atoms with Crippen LogP contribution in [-0.4, -0.2) is 33.5 Å². The van der Waals surface area contributed by atoms with Crippen molar-refractivity contribution in [2.75, 3.05) is 27.4 Å². The number of benzene rings is 1. The summed E-state index contributed by atoms with van der Waals surface area (Å²) in [5.74, 6) is 1.55. The van der Waals surface area contributed by atoms with Gasteiger partial charge in [-0.2, -0.15) is 0 Å². The molecule has 1 aromatic rings. The molecule has 4 nitrogen and oxygen atoms in total. The first-order valence-corrected chi connectivity index (χ1v) is 7.85. The normalized spacial score (nSPS) is 20.0. The molecule has 118 valence electrons. The SMILES string of the molecule is CCNC(CC1CCCCO1)c1ccc(OC)c(OC)c1. The molecule has 2 unspecified atom stereocenters. The quantitative estimate of drug-likeness (QED) is 0.837. The fraction of sp³-hybridized carbons (Fsp3) is 0.647. The fourth-order valence-electron chi connectivity index (χ4n) is 2.91. The minimum atomic E-state index is 0.290. The molecule has 0 bridgehead atoms. The second-order valence-corrected chi connectivity index (χ2v) is 5.45. The lowest BCUT2D eigenvalue weighted by Gasteiger charge is -2.28. The van der Waals surface area contributed by atoms with E-state index in [1.54, 1.807) is 14.2 Å². The highest BCUT2D eigenvalue weighted by Crippen LogP contribution is 2.32. The molecule has 1 saturated heterocycles. The Labute approximate surface area is 127 Å². The van der Waals surface area contributed by atoms with Crippen LogP contribution in [0.2, 0.25) is 0 Å². The molecule has 21 heavy (non-hydrogen) atoms. The van der Waals surface area contributed by atoms with Gasteiger partial charge in [-0.05, 0) is 49.9 Å². The van der Waals surface area contributed by atoms with Crippen LogP contribution in [0.25, 0.3) is 0 Å². The number of nitrogens with one attached hydrogen (secondary N) is 1. The molecule has 1 fully saturated rings. The van der Waals surface area contributed by atoms with Crippen LogP contribution in [-0.2, 0) is 4.74 Å². The lowest BCUT2D eigenvalue weighted by Crippen LogP contribution is -2.28. The summed E-state index contributed by atoms with van der Waals surface area (Å²) in [7, 11) is 3.34. The molecule has 2 rings (SSSR count). The van der Waals surface area contributed by atoms with Crippen LogP contribution in [0.15, 0.2) is 18.2 Å². The third-order valence-electron chi connectivity index (χ3n) is 4.03. The highest BCUT2D eigenvalue weighted by molar-refractivity contribution is 5.43. The number of rotatable bonds is 7. The topological polar surface area (TPSA) is 39.7 Å². The van der Waals surface area contributed by atoms with E-state index in [1.165, 1.54) is 18.4 Å². The van der Waals surface area contributed by atoms with Crippen molar-refractivity contribution >= 4 is 0 Å². The predicted octanol–water partition coefficient (Wildman–Crippen LogP) is 3.31. The van der Waals surface area contributed by atoms with Crippen LogP contribution in [0, 0.1) is 0 Å². The summed E-state index contributed by atoms with van der Waals surface area (Å²) in [6.45, 7) is 3.97. The molecule has 1 N–H and O–H groups in total. The maximum absolute atomic E-state index is 5.88. The van der Waals surface area contributed by atoms with E-state index in [4.69, 9.17) is 14.2 Å². The van der Waals surface area contributed by atoms with E-state index in [1.807, 2.05) is 6.07 Å². The maximum atomic E-state index is 5.88. The Hall–Kier alpha value is -1.26. The summed E-state index contributed by atoms with van der Waals surface area (Å²) < 4.78 is 16.6. The van der Waals surface area contributed by atoms with E-state index in [-0.39, 0.29) is 6.04 Å². The van der Waals surface area contributed by atoms with Crippen molar-refractivity contribution in [2.45, 2.75) is 44.8 Å². The van der Waals surface area contributed by atoms with E-state index >= 15 is 0 Å². The van der Waals surface area contributed by atoms with Crippen LogP contribution < -0.4 is 14.8 Å². The zero-order chi connectivity index (χ0) is 15.1. The molecule has 0 amide bonds. The zero-order valence-electron chi connectivity index (χ0n) is 13.4. The zero-order valence-corrected chi connectivity index (χ0v) is 13.4. The first kappa shape index (κ1) is 16.1. The van der Waals surface area contributed by atoms with Gasteiger partial charge < -0.3 is 19.5 Å². The van der Waals surface area contributed by atoms with Crippen LogP contribution in [0.1, 0.15) is 44.2 Å². The number of ether oxygens (including phenoxy) is 3. The second kappa shape index (κ2) is 8.25.